The number of carbonyl (C=O) groups is 1. The van der Waals surface area contributed by atoms with Crippen molar-refractivity contribution in [2.24, 2.45) is 5.92 Å². The lowest BCUT2D eigenvalue weighted by molar-refractivity contribution is 0.0499. The summed E-state index contributed by atoms with van der Waals surface area (Å²) >= 11 is 0. The zero-order valence-electron chi connectivity index (χ0n) is 12.9. The Morgan fingerprint density at radius 1 is 1.24 bits per heavy atom. The van der Waals surface area contributed by atoms with Gasteiger partial charge >= 0.3 is 6.03 Å². The van der Waals surface area contributed by atoms with Crippen molar-refractivity contribution in [1.82, 2.24) is 10.6 Å². The maximum Gasteiger partial charge on any atom is 0.315 e. The normalized spacial score (nSPS) is 18.5. The average Bonchev–Trinajstić information content (AvgIpc) is 2.90. The summed E-state index contributed by atoms with van der Waals surface area (Å²) in [4.78, 5) is 12.1. The summed E-state index contributed by atoms with van der Waals surface area (Å²) in [6, 6.07) is 9.74. The Bertz CT molecular complexity index is 453. The molecule has 1 saturated carbocycles. The molecule has 1 atom stereocenters. The number of rotatable bonds is 5. The van der Waals surface area contributed by atoms with E-state index in [1.807, 2.05) is 30.3 Å². The molecule has 2 amide bonds. The van der Waals surface area contributed by atoms with Gasteiger partial charge in [-0.2, -0.15) is 0 Å². The van der Waals surface area contributed by atoms with Gasteiger partial charge in [0.25, 0.3) is 0 Å². The molecule has 116 valence electrons. The first-order valence-corrected chi connectivity index (χ1v) is 7.82. The smallest absolute Gasteiger partial charge is 0.315 e. The molecule has 0 heterocycles. The summed E-state index contributed by atoms with van der Waals surface area (Å²) < 4.78 is 0. The molecule has 1 aromatic carbocycles. The largest absolute Gasteiger partial charge is 0.388 e. The number of amides is 2. The van der Waals surface area contributed by atoms with E-state index < -0.39 is 5.60 Å². The van der Waals surface area contributed by atoms with Gasteiger partial charge in [0.05, 0.1) is 11.6 Å². The lowest BCUT2D eigenvalue weighted by atomic mass is 9.96. The van der Waals surface area contributed by atoms with Crippen LogP contribution in [0, 0.1) is 5.92 Å². The van der Waals surface area contributed by atoms with E-state index >= 15 is 0 Å². The third-order valence-electron chi connectivity index (χ3n) is 4.22. The fraction of sp³-hybridized carbons (Fsp3) is 0.588. The lowest BCUT2D eigenvalue weighted by Crippen LogP contribution is -2.46. The van der Waals surface area contributed by atoms with Crippen LogP contribution in [0.5, 0.6) is 0 Å². The quantitative estimate of drug-likeness (QED) is 0.780. The first-order valence-electron chi connectivity index (χ1n) is 7.82. The minimum absolute atomic E-state index is 0.0237. The lowest BCUT2D eigenvalue weighted by Gasteiger charge is -2.26. The van der Waals surface area contributed by atoms with Crippen LogP contribution in [-0.4, -0.2) is 23.3 Å². The maximum atomic E-state index is 12.1. The number of carbonyl (C=O) groups excluding carboxylic acids is 1. The van der Waals surface area contributed by atoms with Gasteiger partial charge in [-0.25, -0.2) is 4.79 Å². The number of nitrogens with one attached hydrogen (secondary N) is 2. The third kappa shape index (κ3) is 4.46. The van der Waals surface area contributed by atoms with Crippen LogP contribution in [0.2, 0.25) is 0 Å². The predicted molar refractivity (Wildman–Crippen MR) is 84.0 cm³/mol. The first kappa shape index (κ1) is 15.8. The van der Waals surface area contributed by atoms with Crippen molar-refractivity contribution in [3.63, 3.8) is 0 Å². The Kier molecular flexibility index (Phi) is 5.23. The van der Waals surface area contributed by atoms with Crippen molar-refractivity contribution >= 4 is 6.03 Å². The van der Waals surface area contributed by atoms with Gasteiger partial charge in [-0.15, -0.1) is 0 Å². The molecule has 4 heteroatoms. The summed E-state index contributed by atoms with van der Waals surface area (Å²) in [6.45, 7) is 4.50. The summed E-state index contributed by atoms with van der Waals surface area (Å²) in [7, 11) is 0. The number of benzene rings is 1. The minimum Gasteiger partial charge on any atom is -0.388 e. The van der Waals surface area contributed by atoms with Gasteiger partial charge in [-0.1, -0.05) is 57.0 Å². The van der Waals surface area contributed by atoms with E-state index in [0.29, 0.717) is 12.5 Å². The summed E-state index contributed by atoms with van der Waals surface area (Å²) in [5, 5.41) is 16.1. The average molecular weight is 290 g/mol. The van der Waals surface area contributed by atoms with Gasteiger partial charge < -0.3 is 15.7 Å². The summed E-state index contributed by atoms with van der Waals surface area (Å²) in [6.07, 6.45) is 3.63. The van der Waals surface area contributed by atoms with E-state index in [9.17, 15) is 9.90 Å². The number of aliphatic hydroxyl groups is 1. The second-order valence-corrected chi connectivity index (χ2v) is 6.39. The van der Waals surface area contributed by atoms with Gasteiger partial charge in [0.2, 0.25) is 0 Å². The van der Waals surface area contributed by atoms with Gasteiger partial charge in [-0.05, 0) is 24.3 Å². The molecule has 1 aliphatic carbocycles. The van der Waals surface area contributed by atoms with Crippen LogP contribution in [0.1, 0.15) is 51.1 Å². The number of urea groups is 1. The molecule has 21 heavy (non-hydrogen) atoms. The van der Waals surface area contributed by atoms with Crippen LogP contribution in [0.4, 0.5) is 4.79 Å². The zero-order chi connectivity index (χ0) is 15.3. The highest BCUT2D eigenvalue weighted by Gasteiger charge is 2.31. The second-order valence-electron chi connectivity index (χ2n) is 6.39. The SMILES string of the molecule is CC(C)C(NC(=O)NCC1(O)CCCC1)c1ccccc1. The van der Waals surface area contributed by atoms with E-state index in [2.05, 4.69) is 24.5 Å². The van der Waals surface area contributed by atoms with Crippen molar-refractivity contribution < 1.29 is 9.90 Å². The maximum absolute atomic E-state index is 12.1. The van der Waals surface area contributed by atoms with Crippen LogP contribution in [0.3, 0.4) is 0 Å². The van der Waals surface area contributed by atoms with Crippen LogP contribution in [-0.2, 0) is 0 Å². The van der Waals surface area contributed by atoms with E-state index in [0.717, 1.165) is 31.2 Å². The van der Waals surface area contributed by atoms with E-state index in [4.69, 9.17) is 0 Å². The van der Waals surface area contributed by atoms with Crippen molar-refractivity contribution in [2.45, 2.75) is 51.2 Å². The molecule has 4 nitrogen and oxygen atoms in total. The molecule has 0 saturated heterocycles. The highest BCUT2D eigenvalue weighted by molar-refractivity contribution is 5.74. The molecule has 1 unspecified atom stereocenters. The van der Waals surface area contributed by atoms with Crippen LogP contribution >= 0.6 is 0 Å². The molecule has 0 spiro atoms. The van der Waals surface area contributed by atoms with Crippen molar-refractivity contribution in [3.8, 4) is 0 Å². The van der Waals surface area contributed by atoms with Crippen molar-refractivity contribution in [1.29, 1.82) is 0 Å². The Balaban J connectivity index is 1.90. The topological polar surface area (TPSA) is 61.4 Å². The molecular weight excluding hydrogens is 264 g/mol. The highest BCUT2D eigenvalue weighted by Crippen LogP contribution is 2.28. The van der Waals surface area contributed by atoms with Crippen molar-refractivity contribution in [3.05, 3.63) is 35.9 Å². The summed E-state index contributed by atoms with van der Waals surface area (Å²) in [5.74, 6) is 0.299. The molecule has 1 aliphatic rings. The Hall–Kier alpha value is -1.55. The number of hydrogen-bond donors (Lipinski definition) is 3. The van der Waals surface area contributed by atoms with Crippen molar-refractivity contribution in [2.75, 3.05) is 6.54 Å². The highest BCUT2D eigenvalue weighted by atomic mass is 16.3. The molecule has 0 aromatic heterocycles. The fourth-order valence-electron chi connectivity index (χ4n) is 2.94. The third-order valence-corrected chi connectivity index (χ3v) is 4.22. The molecule has 1 aromatic rings. The van der Waals surface area contributed by atoms with E-state index in [-0.39, 0.29) is 12.1 Å². The fourth-order valence-corrected chi connectivity index (χ4v) is 2.94. The van der Waals surface area contributed by atoms with E-state index in [1.165, 1.54) is 0 Å². The van der Waals surface area contributed by atoms with Gasteiger partial charge in [-0.3, -0.25) is 0 Å². The molecule has 2 rings (SSSR count). The molecular formula is C17H26N2O2. The van der Waals surface area contributed by atoms with E-state index in [1.54, 1.807) is 0 Å². The van der Waals surface area contributed by atoms with Crippen LogP contribution < -0.4 is 10.6 Å². The standard InChI is InChI=1S/C17H26N2O2/c1-13(2)15(14-8-4-3-5-9-14)19-16(20)18-12-17(21)10-6-7-11-17/h3-5,8-9,13,15,21H,6-7,10-12H2,1-2H3,(H2,18,19,20). The molecule has 0 aliphatic heterocycles. The Labute approximate surface area is 126 Å². The monoisotopic (exact) mass is 290 g/mol. The predicted octanol–water partition coefficient (Wildman–Crippen LogP) is 2.99. The summed E-state index contributed by atoms with van der Waals surface area (Å²) in [5.41, 5.74) is 0.388. The molecule has 1 fully saturated rings. The van der Waals surface area contributed by atoms with Crippen LogP contribution in [0.15, 0.2) is 30.3 Å². The zero-order valence-corrected chi connectivity index (χ0v) is 12.9. The molecule has 0 bridgehead atoms. The minimum atomic E-state index is -0.711. The number of hydrogen-bond acceptors (Lipinski definition) is 2. The molecule has 3 N–H and O–H groups in total. The molecule has 0 radical (unpaired) electrons. The second kappa shape index (κ2) is 6.94. The van der Waals surface area contributed by atoms with Gasteiger partial charge in [0.1, 0.15) is 0 Å². The van der Waals surface area contributed by atoms with Crippen LogP contribution in [0.25, 0.3) is 0 Å². The Morgan fingerprint density at radius 2 is 1.86 bits per heavy atom. The van der Waals surface area contributed by atoms with Gasteiger partial charge in [0, 0.05) is 6.54 Å². The Morgan fingerprint density at radius 3 is 2.43 bits per heavy atom. The van der Waals surface area contributed by atoms with Gasteiger partial charge in [0.15, 0.2) is 0 Å². The first-order chi connectivity index (χ1) is 10.0.